The Kier molecular flexibility index (Phi) is 5.62. The number of amides is 1. The van der Waals surface area contributed by atoms with E-state index in [0.717, 1.165) is 19.4 Å². The first-order valence-electron chi connectivity index (χ1n) is 7.91. The summed E-state index contributed by atoms with van der Waals surface area (Å²) in [5, 5.41) is 0. The summed E-state index contributed by atoms with van der Waals surface area (Å²) in [6.45, 7) is 7.25. The highest BCUT2D eigenvalue weighted by Crippen LogP contribution is 2.22. The van der Waals surface area contributed by atoms with Crippen LogP contribution in [0.4, 0.5) is 0 Å². The Morgan fingerprint density at radius 1 is 1.24 bits per heavy atom. The number of rotatable bonds is 6. The molecule has 0 aromatic carbocycles. The van der Waals surface area contributed by atoms with Crippen molar-refractivity contribution in [1.82, 2.24) is 13.9 Å². The van der Waals surface area contributed by atoms with E-state index in [-0.39, 0.29) is 5.91 Å². The fraction of sp³-hybridized carbons (Fsp3) is 0.929. The van der Waals surface area contributed by atoms with E-state index in [0.29, 0.717) is 50.9 Å². The summed E-state index contributed by atoms with van der Waals surface area (Å²) in [4.78, 5) is 13.3. The number of hydrogen-bond donors (Lipinski definition) is 1. The molecule has 2 heterocycles. The van der Waals surface area contributed by atoms with Crippen molar-refractivity contribution < 1.29 is 13.2 Å². The van der Waals surface area contributed by atoms with Crippen molar-refractivity contribution in [2.24, 2.45) is 11.8 Å². The van der Waals surface area contributed by atoms with Gasteiger partial charge in [-0.15, -0.1) is 0 Å². The highest BCUT2D eigenvalue weighted by atomic mass is 32.2. The van der Waals surface area contributed by atoms with Crippen molar-refractivity contribution in [1.29, 1.82) is 0 Å². The highest BCUT2D eigenvalue weighted by molar-refractivity contribution is 7.87. The Hall–Kier alpha value is -0.660. The lowest BCUT2D eigenvalue weighted by Crippen LogP contribution is -2.48. The van der Waals surface area contributed by atoms with Crippen LogP contribution in [0, 0.1) is 11.8 Å². The Labute approximate surface area is 128 Å². The van der Waals surface area contributed by atoms with E-state index in [1.165, 1.54) is 0 Å². The predicted molar refractivity (Wildman–Crippen MR) is 81.9 cm³/mol. The second kappa shape index (κ2) is 7.07. The minimum Gasteiger partial charge on any atom is -0.343 e. The molecule has 7 heteroatoms. The molecule has 0 aliphatic carbocycles. The largest absolute Gasteiger partial charge is 0.343 e. The number of carbonyl (C=O) groups excluding carboxylic acids is 1. The first kappa shape index (κ1) is 16.7. The average molecular weight is 317 g/mol. The third-order valence-electron chi connectivity index (χ3n) is 4.24. The van der Waals surface area contributed by atoms with Gasteiger partial charge in [0.25, 0.3) is 10.2 Å². The molecule has 6 nitrogen and oxygen atoms in total. The maximum atomic E-state index is 12.3. The van der Waals surface area contributed by atoms with Crippen molar-refractivity contribution in [3.63, 3.8) is 0 Å². The van der Waals surface area contributed by atoms with Gasteiger partial charge in [0.15, 0.2) is 0 Å². The summed E-state index contributed by atoms with van der Waals surface area (Å²) >= 11 is 0. The van der Waals surface area contributed by atoms with Crippen LogP contribution in [0.25, 0.3) is 0 Å². The second-order valence-corrected chi connectivity index (χ2v) is 8.26. The lowest BCUT2D eigenvalue weighted by molar-refractivity contribution is -0.127. The summed E-state index contributed by atoms with van der Waals surface area (Å²) in [5.74, 6) is 1.01. The van der Waals surface area contributed by atoms with E-state index < -0.39 is 10.2 Å². The van der Waals surface area contributed by atoms with Gasteiger partial charge in [-0.2, -0.15) is 12.7 Å². The van der Waals surface area contributed by atoms with Crippen molar-refractivity contribution in [3.8, 4) is 0 Å². The Bertz CT molecular complexity index is 456. The lowest BCUT2D eigenvalue weighted by Gasteiger charge is -2.34. The van der Waals surface area contributed by atoms with Gasteiger partial charge < -0.3 is 4.90 Å². The first-order valence-corrected chi connectivity index (χ1v) is 9.35. The van der Waals surface area contributed by atoms with E-state index in [2.05, 4.69) is 18.6 Å². The molecule has 0 bridgehead atoms. The molecule has 122 valence electrons. The first-order chi connectivity index (χ1) is 9.88. The van der Waals surface area contributed by atoms with Gasteiger partial charge in [-0.25, -0.2) is 4.72 Å². The maximum absolute atomic E-state index is 12.3. The van der Waals surface area contributed by atoms with Gasteiger partial charge in [-0.1, -0.05) is 13.8 Å². The fourth-order valence-electron chi connectivity index (χ4n) is 3.30. The molecule has 21 heavy (non-hydrogen) atoms. The number of hydrogen-bond acceptors (Lipinski definition) is 3. The molecule has 2 unspecified atom stereocenters. The third-order valence-corrected chi connectivity index (χ3v) is 5.78. The molecule has 0 saturated carbocycles. The molecule has 2 aliphatic rings. The maximum Gasteiger partial charge on any atom is 0.279 e. The van der Waals surface area contributed by atoms with E-state index in [9.17, 15) is 13.2 Å². The summed E-state index contributed by atoms with van der Waals surface area (Å²) in [6.07, 6.45) is 3.32. The van der Waals surface area contributed by atoms with Gasteiger partial charge >= 0.3 is 0 Å². The average Bonchev–Trinajstić information content (AvgIpc) is 2.79. The molecule has 1 amide bonds. The van der Waals surface area contributed by atoms with Gasteiger partial charge in [0.2, 0.25) is 5.91 Å². The summed E-state index contributed by atoms with van der Waals surface area (Å²) in [7, 11) is -3.38. The molecule has 2 aliphatic heterocycles. The Morgan fingerprint density at radius 3 is 2.48 bits per heavy atom. The number of piperidine rings is 1. The normalized spacial score (nSPS) is 28.3. The van der Waals surface area contributed by atoms with Crippen LogP contribution in [0.3, 0.4) is 0 Å². The van der Waals surface area contributed by atoms with Crippen LogP contribution < -0.4 is 4.72 Å². The molecule has 1 N–H and O–H groups in total. The SMILES string of the molecule is CC1CC(C)CN(S(=O)(=O)NCCCN2CCCC2=O)C1. The van der Waals surface area contributed by atoms with Crippen LogP contribution >= 0.6 is 0 Å². The summed E-state index contributed by atoms with van der Waals surface area (Å²) in [5.41, 5.74) is 0. The third kappa shape index (κ3) is 4.66. The van der Waals surface area contributed by atoms with Crippen LogP contribution in [0.1, 0.15) is 39.5 Å². The molecule has 0 aromatic rings. The summed E-state index contributed by atoms with van der Waals surface area (Å²) in [6, 6.07) is 0. The zero-order chi connectivity index (χ0) is 15.5. The molecule has 0 radical (unpaired) electrons. The Balaban J connectivity index is 1.74. The zero-order valence-electron chi connectivity index (χ0n) is 13.0. The molecule has 2 saturated heterocycles. The fourth-order valence-corrected chi connectivity index (χ4v) is 4.79. The van der Waals surface area contributed by atoms with Crippen molar-refractivity contribution in [2.45, 2.75) is 39.5 Å². The summed E-state index contributed by atoms with van der Waals surface area (Å²) < 4.78 is 28.8. The standard InChI is InChI=1S/C14H27N3O3S/c1-12-9-13(2)11-17(10-12)21(19,20)15-6-4-8-16-7-3-5-14(16)18/h12-13,15H,3-11H2,1-2H3. The van der Waals surface area contributed by atoms with Gasteiger partial charge in [0.1, 0.15) is 0 Å². The number of nitrogens with zero attached hydrogens (tertiary/aromatic N) is 2. The molecule has 0 spiro atoms. The zero-order valence-corrected chi connectivity index (χ0v) is 13.9. The molecule has 2 rings (SSSR count). The number of carbonyl (C=O) groups is 1. The molecular formula is C14H27N3O3S. The highest BCUT2D eigenvalue weighted by Gasteiger charge is 2.30. The molecular weight excluding hydrogens is 290 g/mol. The lowest BCUT2D eigenvalue weighted by atomic mass is 9.94. The van der Waals surface area contributed by atoms with Gasteiger partial charge in [-0.05, 0) is 31.1 Å². The minimum absolute atomic E-state index is 0.191. The molecule has 0 aromatic heterocycles. The topological polar surface area (TPSA) is 69.7 Å². The van der Waals surface area contributed by atoms with Crippen LogP contribution in [-0.4, -0.2) is 56.3 Å². The number of likely N-dealkylation sites (tertiary alicyclic amines) is 1. The van der Waals surface area contributed by atoms with Crippen LogP contribution in [0.2, 0.25) is 0 Å². The Morgan fingerprint density at radius 2 is 1.90 bits per heavy atom. The van der Waals surface area contributed by atoms with Crippen LogP contribution in [0.15, 0.2) is 0 Å². The van der Waals surface area contributed by atoms with Gasteiger partial charge in [0, 0.05) is 39.1 Å². The van der Waals surface area contributed by atoms with E-state index in [4.69, 9.17) is 0 Å². The number of nitrogens with one attached hydrogen (secondary N) is 1. The second-order valence-electron chi connectivity index (χ2n) is 6.50. The van der Waals surface area contributed by atoms with Crippen molar-refractivity contribution in [3.05, 3.63) is 0 Å². The van der Waals surface area contributed by atoms with Crippen LogP contribution in [0.5, 0.6) is 0 Å². The van der Waals surface area contributed by atoms with Crippen molar-refractivity contribution >= 4 is 16.1 Å². The van der Waals surface area contributed by atoms with Gasteiger partial charge in [-0.3, -0.25) is 4.79 Å². The van der Waals surface area contributed by atoms with Crippen molar-refractivity contribution in [2.75, 3.05) is 32.7 Å². The predicted octanol–water partition coefficient (Wildman–Crippen LogP) is 0.811. The minimum atomic E-state index is -3.38. The van der Waals surface area contributed by atoms with E-state index in [1.54, 1.807) is 4.31 Å². The van der Waals surface area contributed by atoms with E-state index >= 15 is 0 Å². The van der Waals surface area contributed by atoms with Crippen LogP contribution in [-0.2, 0) is 15.0 Å². The quantitative estimate of drug-likeness (QED) is 0.737. The van der Waals surface area contributed by atoms with E-state index in [1.807, 2.05) is 4.90 Å². The molecule has 2 fully saturated rings. The smallest absolute Gasteiger partial charge is 0.279 e. The van der Waals surface area contributed by atoms with Gasteiger partial charge in [0.05, 0.1) is 0 Å². The monoisotopic (exact) mass is 317 g/mol. The molecule has 2 atom stereocenters.